The number of amides is 2. The number of carbonyl (C=O) groups excluding carboxylic acids is 2. The van der Waals surface area contributed by atoms with Crippen LogP contribution >= 0.6 is 11.6 Å². The van der Waals surface area contributed by atoms with Gasteiger partial charge in [0.25, 0.3) is 0 Å². The maximum Gasteiger partial charge on any atom is 0.237 e. The SMILES string of the molecule is CN(C)CCCNC(=O)C(C)(C)C(=O)N1CCN(c2cccc(Cl)c2)CC1. The molecule has 1 heterocycles. The molecule has 1 aromatic carbocycles. The molecule has 1 saturated heterocycles. The van der Waals surface area contributed by atoms with Crippen LogP contribution in [-0.2, 0) is 9.59 Å². The van der Waals surface area contributed by atoms with Crippen LogP contribution < -0.4 is 10.2 Å². The number of halogens is 1. The lowest BCUT2D eigenvalue weighted by Gasteiger charge is -2.39. The average molecular weight is 395 g/mol. The van der Waals surface area contributed by atoms with E-state index in [-0.39, 0.29) is 11.8 Å². The van der Waals surface area contributed by atoms with Crippen molar-refractivity contribution in [2.24, 2.45) is 5.41 Å². The lowest BCUT2D eigenvalue weighted by molar-refractivity contribution is -0.148. The third kappa shape index (κ3) is 5.84. The van der Waals surface area contributed by atoms with Gasteiger partial charge < -0.3 is 20.0 Å². The molecule has 0 spiro atoms. The lowest BCUT2D eigenvalue weighted by Crippen LogP contribution is -2.55. The van der Waals surface area contributed by atoms with Crippen LogP contribution in [-0.4, -0.2) is 75.0 Å². The van der Waals surface area contributed by atoms with Crippen LogP contribution in [0.5, 0.6) is 0 Å². The highest BCUT2D eigenvalue weighted by Gasteiger charge is 2.39. The second-order valence-electron chi connectivity index (χ2n) is 7.80. The number of rotatable bonds is 7. The van der Waals surface area contributed by atoms with Crippen molar-refractivity contribution in [3.8, 4) is 0 Å². The summed E-state index contributed by atoms with van der Waals surface area (Å²) in [5.41, 5.74) is 0.00331. The van der Waals surface area contributed by atoms with E-state index in [9.17, 15) is 9.59 Å². The topological polar surface area (TPSA) is 55.9 Å². The molecule has 1 aromatic rings. The second-order valence-corrected chi connectivity index (χ2v) is 8.23. The summed E-state index contributed by atoms with van der Waals surface area (Å²) in [7, 11) is 4.00. The molecule has 2 rings (SSSR count). The molecule has 7 heteroatoms. The maximum absolute atomic E-state index is 12.9. The molecule has 1 N–H and O–H groups in total. The van der Waals surface area contributed by atoms with Crippen LogP contribution in [0.1, 0.15) is 20.3 Å². The fourth-order valence-electron chi connectivity index (χ4n) is 3.15. The first-order valence-electron chi connectivity index (χ1n) is 9.44. The van der Waals surface area contributed by atoms with Crippen molar-refractivity contribution in [2.45, 2.75) is 20.3 Å². The lowest BCUT2D eigenvalue weighted by atomic mass is 9.90. The zero-order valence-corrected chi connectivity index (χ0v) is 17.6. The van der Waals surface area contributed by atoms with Crippen molar-refractivity contribution < 1.29 is 9.59 Å². The molecule has 1 aliphatic heterocycles. The Morgan fingerprint density at radius 3 is 2.44 bits per heavy atom. The Labute approximate surface area is 167 Å². The number of hydrogen-bond acceptors (Lipinski definition) is 4. The van der Waals surface area contributed by atoms with Gasteiger partial charge in [-0.1, -0.05) is 17.7 Å². The third-order valence-electron chi connectivity index (χ3n) is 4.91. The second kappa shape index (κ2) is 9.42. The van der Waals surface area contributed by atoms with Crippen LogP contribution in [0.4, 0.5) is 5.69 Å². The summed E-state index contributed by atoms with van der Waals surface area (Å²) in [5.74, 6) is -0.318. The van der Waals surface area contributed by atoms with Gasteiger partial charge in [0, 0.05) is 43.4 Å². The number of nitrogens with zero attached hydrogens (tertiary/aromatic N) is 3. The Morgan fingerprint density at radius 2 is 1.85 bits per heavy atom. The van der Waals surface area contributed by atoms with E-state index in [1.54, 1.807) is 18.7 Å². The Balaban J connectivity index is 1.87. The van der Waals surface area contributed by atoms with E-state index in [1.807, 2.05) is 38.4 Å². The third-order valence-corrected chi connectivity index (χ3v) is 5.15. The zero-order valence-electron chi connectivity index (χ0n) is 16.8. The highest BCUT2D eigenvalue weighted by molar-refractivity contribution is 6.30. The largest absolute Gasteiger partial charge is 0.368 e. The summed E-state index contributed by atoms with van der Waals surface area (Å²) in [6.45, 7) is 7.56. The Kier molecular flexibility index (Phi) is 7.50. The quantitative estimate of drug-likeness (QED) is 0.568. The van der Waals surface area contributed by atoms with Gasteiger partial charge >= 0.3 is 0 Å². The average Bonchev–Trinajstić information content (AvgIpc) is 2.64. The van der Waals surface area contributed by atoms with E-state index in [0.717, 1.165) is 31.7 Å². The molecule has 1 aliphatic rings. The number of benzene rings is 1. The molecular weight excluding hydrogens is 364 g/mol. The van der Waals surface area contributed by atoms with Gasteiger partial charge in [0.2, 0.25) is 11.8 Å². The summed E-state index contributed by atoms with van der Waals surface area (Å²) in [4.78, 5) is 31.5. The molecular formula is C20H31ClN4O2. The van der Waals surface area contributed by atoms with Crippen LogP contribution in [0.3, 0.4) is 0 Å². The number of anilines is 1. The van der Waals surface area contributed by atoms with Crippen LogP contribution in [0.15, 0.2) is 24.3 Å². The van der Waals surface area contributed by atoms with Crippen molar-refractivity contribution in [1.29, 1.82) is 0 Å². The predicted molar refractivity (Wildman–Crippen MR) is 110 cm³/mol. The van der Waals surface area contributed by atoms with Gasteiger partial charge in [0.15, 0.2) is 0 Å². The molecule has 0 aromatic heterocycles. The van der Waals surface area contributed by atoms with Crippen molar-refractivity contribution in [3.63, 3.8) is 0 Å². The highest BCUT2D eigenvalue weighted by atomic mass is 35.5. The summed E-state index contributed by atoms with van der Waals surface area (Å²) in [6, 6.07) is 7.74. The zero-order chi connectivity index (χ0) is 20.0. The van der Waals surface area contributed by atoms with Gasteiger partial charge in [-0.05, 0) is 59.1 Å². The normalized spacial score (nSPS) is 15.2. The molecule has 0 unspecified atom stereocenters. The van der Waals surface area contributed by atoms with Crippen molar-refractivity contribution in [2.75, 3.05) is 58.3 Å². The van der Waals surface area contributed by atoms with E-state index >= 15 is 0 Å². The number of nitrogens with one attached hydrogen (secondary N) is 1. The van der Waals surface area contributed by atoms with Crippen LogP contribution in [0, 0.1) is 5.41 Å². The molecule has 150 valence electrons. The fourth-order valence-corrected chi connectivity index (χ4v) is 3.34. The minimum absolute atomic E-state index is 0.113. The fraction of sp³-hybridized carbons (Fsp3) is 0.600. The van der Waals surface area contributed by atoms with Gasteiger partial charge in [0.05, 0.1) is 0 Å². The minimum Gasteiger partial charge on any atom is -0.368 e. The summed E-state index contributed by atoms with van der Waals surface area (Å²) < 4.78 is 0. The first kappa shape index (κ1) is 21.5. The summed E-state index contributed by atoms with van der Waals surface area (Å²) >= 11 is 6.07. The van der Waals surface area contributed by atoms with Gasteiger partial charge in [-0.3, -0.25) is 9.59 Å². The Bertz CT molecular complexity index is 655. The van der Waals surface area contributed by atoms with Crippen molar-refractivity contribution in [1.82, 2.24) is 15.1 Å². The highest BCUT2D eigenvalue weighted by Crippen LogP contribution is 2.24. The Hall–Kier alpha value is -1.79. The molecule has 0 bridgehead atoms. The number of piperazine rings is 1. The monoisotopic (exact) mass is 394 g/mol. The van der Waals surface area contributed by atoms with Crippen LogP contribution in [0.25, 0.3) is 0 Å². The van der Waals surface area contributed by atoms with Crippen molar-refractivity contribution in [3.05, 3.63) is 29.3 Å². The molecule has 6 nitrogen and oxygen atoms in total. The predicted octanol–water partition coefficient (Wildman–Crippen LogP) is 2.08. The molecule has 0 atom stereocenters. The Morgan fingerprint density at radius 1 is 1.19 bits per heavy atom. The minimum atomic E-state index is -1.06. The molecule has 27 heavy (non-hydrogen) atoms. The molecule has 1 fully saturated rings. The molecule has 0 saturated carbocycles. The van der Waals surface area contributed by atoms with E-state index in [1.165, 1.54) is 0 Å². The van der Waals surface area contributed by atoms with E-state index in [0.29, 0.717) is 24.7 Å². The van der Waals surface area contributed by atoms with Gasteiger partial charge in [0.1, 0.15) is 5.41 Å². The van der Waals surface area contributed by atoms with Gasteiger partial charge in [-0.2, -0.15) is 0 Å². The van der Waals surface area contributed by atoms with Crippen molar-refractivity contribution >= 4 is 29.1 Å². The molecule has 2 amide bonds. The summed E-state index contributed by atoms with van der Waals surface area (Å²) in [6.07, 6.45) is 0.862. The van der Waals surface area contributed by atoms with Gasteiger partial charge in [-0.25, -0.2) is 0 Å². The molecule has 0 radical (unpaired) electrons. The first-order chi connectivity index (χ1) is 12.7. The van der Waals surface area contributed by atoms with E-state index in [2.05, 4.69) is 15.1 Å². The smallest absolute Gasteiger partial charge is 0.237 e. The number of hydrogen-bond donors (Lipinski definition) is 1. The standard InChI is InChI=1S/C20H31ClN4O2/c1-20(2,18(26)22-9-6-10-23(3)4)19(27)25-13-11-24(12-14-25)17-8-5-7-16(21)15-17/h5,7-8,15H,6,9-14H2,1-4H3,(H,22,26). The van der Waals surface area contributed by atoms with Gasteiger partial charge in [-0.15, -0.1) is 0 Å². The summed E-state index contributed by atoms with van der Waals surface area (Å²) in [5, 5.41) is 3.61. The van der Waals surface area contributed by atoms with E-state index < -0.39 is 5.41 Å². The number of carbonyl (C=O) groups is 2. The van der Waals surface area contributed by atoms with Crippen LogP contribution in [0.2, 0.25) is 5.02 Å². The van der Waals surface area contributed by atoms with E-state index in [4.69, 9.17) is 11.6 Å². The maximum atomic E-state index is 12.9. The first-order valence-corrected chi connectivity index (χ1v) is 9.82. The molecule has 0 aliphatic carbocycles.